The fourth-order valence-corrected chi connectivity index (χ4v) is 4.53. The fourth-order valence-electron chi connectivity index (χ4n) is 2.99. The molecule has 7 heteroatoms. The maximum Gasteiger partial charge on any atom is 0.243 e. The zero-order valence-corrected chi connectivity index (χ0v) is 14.9. The van der Waals surface area contributed by atoms with Gasteiger partial charge in [0.05, 0.1) is 10.8 Å². The molecular weight excluding hydrogens is 326 g/mol. The Balaban J connectivity index is 1.76. The molecule has 130 valence electrons. The molecule has 0 N–H and O–H groups in total. The smallest absolute Gasteiger partial charge is 0.243 e. The van der Waals surface area contributed by atoms with Gasteiger partial charge in [0.15, 0.2) is 5.82 Å². The van der Waals surface area contributed by atoms with Crippen molar-refractivity contribution in [3.63, 3.8) is 0 Å². The van der Waals surface area contributed by atoms with Gasteiger partial charge in [-0.15, -0.1) is 0 Å². The zero-order valence-electron chi connectivity index (χ0n) is 14.1. The van der Waals surface area contributed by atoms with Crippen molar-refractivity contribution in [2.24, 2.45) is 5.92 Å². The first kappa shape index (κ1) is 17.1. The first-order chi connectivity index (χ1) is 11.5. The van der Waals surface area contributed by atoms with Crippen LogP contribution in [0.15, 0.2) is 39.8 Å². The van der Waals surface area contributed by atoms with Crippen LogP contribution in [0.1, 0.15) is 44.3 Å². The highest BCUT2D eigenvalue weighted by molar-refractivity contribution is 7.89. The third kappa shape index (κ3) is 3.67. The van der Waals surface area contributed by atoms with E-state index >= 15 is 0 Å². The summed E-state index contributed by atoms with van der Waals surface area (Å²) in [5, 5.41) is 4.02. The molecule has 1 atom stereocenters. The molecule has 0 saturated carbocycles. The zero-order chi connectivity index (χ0) is 17.2. The summed E-state index contributed by atoms with van der Waals surface area (Å²) in [7, 11) is -3.47. The van der Waals surface area contributed by atoms with E-state index in [4.69, 9.17) is 4.52 Å². The van der Waals surface area contributed by atoms with Gasteiger partial charge in [-0.25, -0.2) is 8.42 Å². The molecule has 0 spiro atoms. The van der Waals surface area contributed by atoms with Crippen molar-refractivity contribution in [3.05, 3.63) is 42.0 Å². The highest BCUT2D eigenvalue weighted by Crippen LogP contribution is 2.29. The SMILES string of the molecule is CC(C)Cc1noc([C@H]2CCCN(S(=O)(=O)c3ccccc3)C2)n1. The highest BCUT2D eigenvalue weighted by Gasteiger charge is 2.33. The molecule has 3 rings (SSSR count). The van der Waals surface area contributed by atoms with Gasteiger partial charge in [-0.2, -0.15) is 9.29 Å². The average molecular weight is 349 g/mol. The molecule has 24 heavy (non-hydrogen) atoms. The van der Waals surface area contributed by atoms with Crippen molar-refractivity contribution in [3.8, 4) is 0 Å². The number of hydrogen-bond acceptors (Lipinski definition) is 5. The third-order valence-corrected chi connectivity index (χ3v) is 6.07. The van der Waals surface area contributed by atoms with Gasteiger partial charge < -0.3 is 4.52 Å². The van der Waals surface area contributed by atoms with Gasteiger partial charge in [0.1, 0.15) is 0 Å². The van der Waals surface area contributed by atoms with E-state index in [1.54, 1.807) is 24.3 Å². The van der Waals surface area contributed by atoms with Gasteiger partial charge in [-0.05, 0) is 30.9 Å². The van der Waals surface area contributed by atoms with E-state index in [1.165, 1.54) is 4.31 Å². The van der Waals surface area contributed by atoms with Gasteiger partial charge in [0.25, 0.3) is 0 Å². The molecule has 1 aliphatic rings. The van der Waals surface area contributed by atoms with Gasteiger partial charge in [0, 0.05) is 19.5 Å². The lowest BCUT2D eigenvalue weighted by atomic mass is 10.00. The van der Waals surface area contributed by atoms with Crippen molar-refractivity contribution in [2.75, 3.05) is 13.1 Å². The number of benzene rings is 1. The van der Waals surface area contributed by atoms with E-state index in [2.05, 4.69) is 24.0 Å². The quantitative estimate of drug-likeness (QED) is 0.829. The van der Waals surface area contributed by atoms with E-state index in [1.807, 2.05) is 6.07 Å². The number of sulfonamides is 1. The van der Waals surface area contributed by atoms with Crippen LogP contribution in [0.2, 0.25) is 0 Å². The minimum absolute atomic E-state index is 0.0364. The van der Waals surface area contributed by atoms with Crippen LogP contribution in [-0.2, 0) is 16.4 Å². The number of nitrogens with zero attached hydrogens (tertiary/aromatic N) is 3. The molecule has 1 fully saturated rings. The Morgan fingerprint density at radius 3 is 2.75 bits per heavy atom. The second-order valence-corrected chi connectivity index (χ2v) is 8.60. The lowest BCUT2D eigenvalue weighted by Gasteiger charge is -2.30. The van der Waals surface area contributed by atoms with E-state index < -0.39 is 10.0 Å². The maximum absolute atomic E-state index is 12.8. The Morgan fingerprint density at radius 2 is 2.04 bits per heavy atom. The number of hydrogen-bond donors (Lipinski definition) is 0. The first-order valence-corrected chi connectivity index (χ1v) is 9.78. The van der Waals surface area contributed by atoms with Crippen molar-refractivity contribution < 1.29 is 12.9 Å². The van der Waals surface area contributed by atoms with Gasteiger partial charge in [-0.3, -0.25) is 0 Å². The topological polar surface area (TPSA) is 76.3 Å². The van der Waals surface area contributed by atoms with Crippen LogP contribution in [0, 0.1) is 5.92 Å². The normalized spacial score (nSPS) is 19.7. The molecule has 1 aromatic carbocycles. The molecule has 2 aromatic rings. The molecule has 0 radical (unpaired) electrons. The van der Waals surface area contributed by atoms with Gasteiger partial charge in [0.2, 0.25) is 15.9 Å². The number of rotatable bonds is 5. The van der Waals surface area contributed by atoms with E-state index in [0.717, 1.165) is 19.3 Å². The second kappa shape index (κ2) is 7.03. The van der Waals surface area contributed by atoms with Crippen molar-refractivity contribution >= 4 is 10.0 Å². The summed E-state index contributed by atoms with van der Waals surface area (Å²) in [5.41, 5.74) is 0. The first-order valence-electron chi connectivity index (χ1n) is 8.34. The third-order valence-electron chi connectivity index (χ3n) is 4.19. The summed E-state index contributed by atoms with van der Waals surface area (Å²) in [6, 6.07) is 8.56. The predicted molar refractivity (Wildman–Crippen MR) is 90.0 cm³/mol. The predicted octanol–water partition coefficient (Wildman–Crippen LogP) is 2.84. The average Bonchev–Trinajstić information content (AvgIpc) is 3.03. The van der Waals surface area contributed by atoms with Crippen LogP contribution in [0.25, 0.3) is 0 Å². The Morgan fingerprint density at radius 1 is 1.29 bits per heavy atom. The summed E-state index contributed by atoms with van der Waals surface area (Å²) in [6.07, 6.45) is 2.42. The van der Waals surface area contributed by atoms with E-state index in [9.17, 15) is 8.42 Å². The van der Waals surface area contributed by atoms with Crippen molar-refractivity contribution in [1.29, 1.82) is 0 Å². The minimum Gasteiger partial charge on any atom is -0.339 e. The molecule has 0 bridgehead atoms. The van der Waals surface area contributed by atoms with E-state index in [-0.39, 0.29) is 5.92 Å². The molecule has 1 saturated heterocycles. The molecule has 0 amide bonds. The summed E-state index contributed by atoms with van der Waals surface area (Å²) in [4.78, 5) is 4.79. The number of piperidine rings is 1. The molecule has 0 unspecified atom stereocenters. The Bertz CT molecular complexity index is 771. The Hall–Kier alpha value is -1.73. The Labute approximate surface area is 142 Å². The molecule has 0 aliphatic carbocycles. The summed E-state index contributed by atoms with van der Waals surface area (Å²) < 4.78 is 32.5. The fraction of sp³-hybridized carbons (Fsp3) is 0.529. The molecule has 2 heterocycles. The second-order valence-electron chi connectivity index (χ2n) is 6.66. The standard InChI is InChI=1S/C17H23N3O3S/c1-13(2)11-16-18-17(23-19-16)14-7-6-10-20(12-14)24(21,22)15-8-4-3-5-9-15/h3-5,8-9,13-14H,6-7,10-12H2,1-2H3/t14-/m0/s1. The number of aromatic nitrogens is 2. The van der Waals surface area contributed by atoms with Crippen LogP contribution < -0.4 is 0 Å². The lowest BCUT2D eigenvalue weighted by Crippen LogP contribution is -2.39. The van der Waals surface area contributed by atoms with Gasteiger partial charge in [-0.1, -0.05) is 37.2 Å². The van der Waals surface area contributed by atoms with Crippen LogP contribution in [0.5, 0.6) is 0 Å². The lowest BCUT2D eigenvalue weighted by molar-refractivity contribution is 0.265. The van der Waals surface area contributed by atoms with Crippen LogP contribution in [0.3, 0.4) is 0 Å². The largest absolute Gasteiger partial charge is 0.339 e. The highest BCUT2D eigenvalue weighted by atomic mass is 32.2. The molecule has 1 aliphatic heterocycles. The van der Waals surface area contributed by atoms with Gasteiger partial charge >= 0.3 is 0 Å². The van der Waals surface area contributed by atoms with Crippen molar-refractivity contribution in [1.82, 2.24) is 14.4 Å². The Kier molecular flexibility index (Phi) is 5.01. The van der Waals surface area contributed by atoms with Crippen LogP contribution in [-0.4, -0.2) is 36.0 Å². The minimum atomic E-state index is -3.47. The monoisotopic (exact) mass is 349 g/mol. The van der Waals surface area contributed by atoms with Crippen LogP contribution in [0.4, 0.5) is 0 Å². The summed E-state index contributed by atoms with van der Waals surface area (Å²) in [6.45, 7) is 5.12. The molecule has 6 nitrogen and oxygen atoms in total. The van der Waals surface area contributed by atoms with E-state index in [0.29, 0.717) is 35.6 Å². The maximum atomic E-state index is 12.8. The summed E-state index contributed by atoms with van der Waals surface area (Å²) >= 11 is 0. The van der Waals surface area contributed by atoms with Crippen molar-refractivity contribution in [2.45, 2.75) is 43.9 Å². The molecular formula is C17H23N3O3S. The summed E-state index contributed by atoms with van der Waals surface area (Å²) in [5.74, 6) is 1.67. The molecule has 1 aromatic heterocycles. The van der Waals surface area contributed by atoms with Crippen LogP contribution >= 0.6 is 0 Å².